The Morgan fingerprint density at radius 2 is 1.75 bits per heavy atom. The number of hydrogen-bond acceptors (Lipinski definition) is 6. The predicted molar refractivity (Wildman–Crippen MR) is 131 cm³/mol. The van der Waals surface area contributed by atoms with Gasteiger partial charge in [-0.2, -0.15) is 0 Å². The van der Waals surface area contributed by atoms with Gasteiger partial charge in [0, 0.05) is 19.4 Å². The highest BCUT2D eigenvalue weighted by Crippen LogP contribution is 2.21. The van der Waals surface area contributed by atoms with Crippen LogP contribution in [-0.4, -0.2) is 75.5 Å². The number of carbonyl (C=O) groups excluding carboxylic acids is 3. The molecular formula is C25H36N4O7. The van der Waals surface area contributed by atoms with Crippen molar-refractivity contribution in [3.8, 4) is 0 Å². The van der Waals surface area contributed by atoms with E-state index in [1.807, 2.05) is 13.0 Å². The fraction of sp³-hybridized carbons (Fsp3) is 0.560. The maximum Gasteiger partial charge on any atom is 0.326 e. The van der Waals surface area contributed by atoms with Gasteiger partial charge in [0.05, 0.1) is 6.04 Å². The first-order chi connectivity index (χ1) is 17.0. The van der Waals surface area contributed by atoms with E-state index in [0.717, 1.165) is 5.56 Å². The van der Waals surface area contributed by atoms with E-state index >= 15 is 0 Å². The van der Waals surface area contributed by atoms with E-state index < -0.39 is 53.8 Å². The minimum absolute atomic E-state index is 0.0969. The van der Waals surface area contributed by atoms with Crippen molar-refractivity contribution in [1.29, 1.82) is 0 Å². The molecule has 0 spiro atoms. The normalized spacial score (nSPS) is 18.5. The molecule has 1 saturated heterocycles. The van der Waals surface area contributed by atoms with Gasteiger partial charge < -0.3 is 31.5 Å². The van der Waals surface area contributed by atoms with E-state index in [0.29, 0.717) is 25.8 Å². The Morgan fingerprint density at radius 3 is 2.33 bits per heavy atom. The molecule has 1 aromatic carbocycles. The van der Waals surface area contributed by atoms with Crippen LogP contribution < -0.4 is 16.4 Å². The van der Waals surface area contributed by atoms with Gasteiger partial charge in [-0.3, -0.25) is 19.2 Å². The van der Waals surface area contributed by atoms with Gasteiger partial charge in [0.1, 0.15) is 18.1 Å². The van der Waals surface area contributed by atoms with E-state index in [1.165, 1.54) is 4.90 Å². The summed E-state index contributed by atoms with van der Waals surface area (Å²) in [5, 5.41) is 23.7. The summed E-state index contributed by atoms with van der Waals surface area (Å²) in [7, 11) is 0. The maximum atomic E-state index is 13.4. The molecule has 1 aliphatic heterocycles. The molecule has 0 radical (unpaired) electrons. The molecule has 11 nitrogen and oxygen atoms in total. The van der Waals surface area contributed by atoms with Crippen LogP contribution in [-0.2, 0) is 30.4 Å². The number of nitrogens with one attached hydrogen (secondary N) is 2. The largest absolute Gasteiger partial charge is 0.481 e. The monoisotopic (exact) mass is 504 g/mol. The van der Waals surface area contributed by atoms with Crippen LogP contribution in [0.4, 0.5) is 0 Å². The average molecular weight is 505 g/mol. The third-order valence-corrected chi connectivity index (χ3v) is 6.52. The van der Waals surface area contributed by atoms with Gasteiger partial charge in [-0.05, 0) is 30.7 Å². The Labute approximate surface area is 210 Å². The molecule has 1 aliphatic rings. The molecule has 0 bridgehead atoms. The van der Waals surface area contributed by atoms with Crippen LogP contribution >= 0.6 is 0 Å². The highest BCUT2D eigenvalue weighted by atomic mass is 16.4. The lowest BCUT2D eigenvalue weighted by Gasteiger charge is -2.31. The minimum atomic E-state index is -1.12. The lowest BCUT2D eigenvalue weighted by molar-refractivity contribution is -0.150. The minimum Gasteiger partial charge on any atom is -0.481 e. The summed E-state index contributed by atoms with van der Waals surface area (Å²) in [6, 6.07) is 4.85. The fourth-order valence-electron chi connectivity index (χ4n) is 4.15. The van der Waals surface area contributed by atoms with Crippen molar-refractivity contribution < 1.29 is 34.2 Å². The number of carboxylic acids is 2. The van der Waals surface area contributed by atoms with Crippen LogP contribution in [0.25, 0.3) is 0 Å². The smallest absolute Gasteiger partial charge is 0.326 e. The van der Waals surface area contributed by atoms with Crippen LogP contribution in [0.5, 0.6) is 0 Å². The van der Waals surface area contributed by atoms with Crippen molar-refractivity contribution in [3.63, 3.8) is 0 Å². The Bertz CT molecular complexity index is 940. The van der Waals surface area contributed by atoms with Crippen molar-refractivity contribution in [2.75, 3.05) is 6.54 Å². The van der Waals surface area contributed by atoms with Gasteiger partial charge in [-0.15, -0.1) is 0 Å². The number of nitrogens with zero attached hydrogens (tertiary/aromatic N) is 1. The average Bonchev–Trinajstić information content (AvgIpc) is 3.35. The molecule has 0 aliphatic carbocycles. The van der Waals surface area contributed by atoms with Crippen molar-refractivity contribution >= 4 is 29.7 Å². The second-order valence-electron chi connectivity index (χ2n) is 9.19. The lowest BCUT2D eigenvalue weighted by atomic mass is 9.96. The number of hydrogen-bond donors (Lipinski definition) is 5. The predicted octanol–water partition coefficient (Wildman–Crippen LogP) is 0.513. The van der Waals surface area contributed by atoms with Gasteiger partial charge in [0.15, 0.2) is 0 Å². The van der Waals surface area contributed by atoms with E-state index in [2.05, 4.69) is 10.6 Å². The number of likely N-dealkylation sites (tertiary alicyclic amines) is 1. The zero-order valence-electron chi connectivity index (χ0n) is 20.7. The first-order valence-electron chi connectivity index (χ1n) is 12.2. The van der Waals surface area contributed by atoms with E-state index in [-0.39, 0.29) is 25.2 Å². The highest BCUT2D eigenvalue weighted by Gasteiger charge is 2.40. The van der Waals surface area contributed by atoms with E-state index in [4.69, 9.17) is 10.8 Å². The molecule has 3 amide bonds. The van der Waals surface area contributed by atoms with Crippen LogP contribution in [0, 0.1) is 5.92 Å². The Morgan fingerprint density at radius 1 is 1.08 bits per heavy atom. The molecule has 2 rings (SSSR count). The molecule has 5 unspecified atom stereocenters. The van der Waals surface area contributed by atoms with Gasteiger partial charge in [-0.25, -0.2) is 4.79 Å². The molecule has 1 fully saturated rings. The highest BCUT2D eigenvalue weighted by molar-refractivity contribution is 5.94. The number of aliphatic carboxylic acids is 2. The second-order valence-corrected chi connectivity index (χ2v) is 9.19. The number of carbonyl (C=O) groups is 5. The number of nitrogens with two attached hydrogens (primary N) is 1. The second kappa shape index (κ2) is 13.6. The third kappa shape index (κ3) is 8.04. The van der Waals surface area contributed by atoms with Crippen molar-refractivity contribution in [2.24, 2.45) is 11.7 Å². The van der Waals surface area contributed by atoms with Gasteiger partial charge in [-0.1, -0.05) is 50.6 Å². The third-order valence-electron chi connectivity index (χ3n) is 6.52. The van der Waals surface area contributed by atoms with Gasteiger partial charge >= 0.3 is 11.9 Å². The topological polar surface area (TPSA) is 179 Å². The van der Waals surface area contributed by atoms with Crippen LogP contribution in [0.3, 0.4) is 0 Å². The maximum absolute atomic E-state index is 13.4. The van der Waals surface area contributed by atoms with Crippen LogP contribution in [0.15, 0.2) is 30.3 Å². The first-order valence-corrected chi connectivity index (χ1v) is 12.2. The summed E-state index contributed by atoms with van der Waals surface area (Å²) < 4.78 is 0. The van der Waals surface area contributed by atoms with Gasteiger partial charge in [0.25, 0.3) is 0 Å². The van der Waals surface area contributed by atoms with Crippen molar-refractivity contribution in [1.82, 2.24) is 15.5 Å². The molecule has 6 N–H and O–H groups in total. The summed E-state index contributed by atoms with van der Waals surface area (Å²) in [4.78, 5) is 63.1. The molecule has 0 saturated carbocycles. The molecular weight excluding hydrogens is 468 g/mol. The first kappa shape index (κ1) is 28.8. The molecule has 11 heteroatoms. The zero-order chi connectivity index (χ0) is 26.8. The standard InChI is InChI=1S/C25H36N4O7/c1-3-15(2)21(24(34)29-13-7-10-19(29)25(35)36)28-23(33)18(14-16-8-5-4-6-9-16)27-22(32)17(26)11-12-20(30)31/h4-6,8-9,15,17-19,21H,3,7,10-14,26H2,1-2H3,(H,27,32)(H,28,33)(H,30,31)(H,35,36). The number of rotatable bonds is 13. The Hall–Kier alpha value is -3.47. The molecule has 5 atom stereocenters. The summed E-state index contributed by atoms with van der Waals surface area (Å²) >= 11 is 0. The summed E-state index contributed by atoms with van der Waals surface area (Å²) in [5.74, 6) is -4.22. The SMILES string of the molecule is CCC(C)C(NC(=O)C(Cc1ccccc1)NC(=O)C(N)CCC(=O)O)C(=O)N1CCCC1C(=O)O. The Balaban J connectivity index is 2.23. The fourth-order valence-corrected chi connectivity index (χ4v) is 4.15. The van der Waals surface area contributed by atoms with Crippen LogP contribution in [0.1, 0.15) is 51.5 Å². The molecule has 1 aromatic rings. The number of amides is 3. The summed E-state index contributed by atoms with van der Waals surface area (Å²) in [5.41, 5.74) is 6.59. The van der Waals surface area contributed by atoms with Crippen molar-refractivity contribution in [3.05, 3.63) is 35.9 Å². The molecule has 36 heavy (non-hydrogen) atoms. The van der Waals surface area contributed by atoms with E-state index in [1.54, 1.807) is 31.2 Å². The van der Waals surface area contributed by atoms with Crippen molar-refractivity contribution in [2.45, 2.75) is 76.5 Å². The lowest BCUT2D eigenvalue weighted by Crippen LogP contribution is -2.59. The Kier molecular flexibility index (Phi) is 10.8. The molecule has 198 valence electrons. The summed E-state index contributed by atoms with van der Waals surface area (Å²) in [6.45, 7) is 3.95. The summed E-state index contributed by atoms with van der Waals surface area (Å²) in [6.07, 6.45) is 1.19. The van der Waals surface area contributed by atoms with E-state index in [9.17, 15) is 29.1 Å². The number of benzene rings is 1. The number of carboxylic acid groups (broad SMARTS) is 2. The van der Waals surface area contributed by atoms with Gasteiger partial charge in [0.2, 0.25) is 17.7 Å². The molecule has 1 heterocycles. The molecule has 0 aromatic heterocycles. The van der Waals surface area contributed by atoms with Crippen LogP contribution in [0.2, 0.25) is 0 Å². The zero-order valence-corrected chi connectivity index (χ0v) is 20.7. The quantitative estimate of drug-likeness (QED) is 0.258.